The Balaban J connectivity index is 2.82. The number of ether oxygens (including phenoxy) is 1. The molecular formula is C11H14N2O. The molecule has 74 valence electrons. The van der Waals surface area contributed by atoms with Gasteiger partial charge in [-0.25, -0.2) is 0 Å². The van der Waals surface area contributed by atoms with Gasteiger partial charge in [0.25, 0.3) is 0 Å². The van der Waals surface area contributed by atoms with E-state index < -0.39 is 0 Å². The van der Waals surface area contributed by atoms with Crippen LogP contribution in [0, 0.1) is 17.2 Å². The molecule has 0 aliphatic carbocycles. The molecule has 1 aromatic rings. The summed E-state index contributed by atoms with van der Waals surface area (Å²) in [5, 5.41) is 8.82. The van der Waals surface area contributed by atoms with Crippen LogP contribution >= 0.6 is 0 Å². The van der Waals surface area contributed by atoms with Crippen molar-refractivity contribution < 1.29 is 4.74 Å². The Labute approximate surface area is 84.1 Å². The topological polar surface area (TPSA) is 59.0 Å². The maximum Gasteiger partial charge on any atom is 0.137 e. The molecule has 0 spiro atoms. The van der Waals surface area contributed by atoms with Crippen LogP contribution in [0.2, 0.25) is 0 Å². The molecule has 0 saturated carbocycles. The van der Waals surface area contributed by atoms with Crippen molar-refractivity contribution in [3.8, 4) is 11.8 Å². The van der Waals surface area contributed by atoms with Crippen molar-refractivity contribution in [3.05, 3.63) is 23.8 Å². The highest BCUT2D eigenvalue weighted by molar-refractivity contribution is 5.53. The standard InChI is InChI=1S/C11H14N2O/c1-8(2)7-14-11-4-3-10(13)5-9(11)6-12/h3-5,8H,7,13H2,1-2H3. The van der Waals surface area contributed by atoms with Crippen molar-refractivity contribution in [1.29, 1.82) is 5.26 Å². The quantitative estimate of drug-likeness (QED) is 0.743. The molecule has 0 aliphatic heterocycles. The maximum atomic E-state index is 8.82. The predicted molar refractivity (Wildman–Crippen MR) is 55.9 cm³/mol. The van der Waals surface area contributed by atoms with Crippen molar-refractivity contribution >= 4 is 5.69 Å². The van der Waals surface area contributed by atoms with Crippen LogP contribution in [0.1, 0.15) is 19.4 Å². The Morgan fingerprint density at radius 3 is 2.79 bits per heavy atom. The number of nitrogens with zero attached hydrogens (tertiary/aromatic N) is 1. The molecule has 0 atom stereocenters. The molecule has 0 saturated heterocycles. The highest BCUT2D eigenvalue weighted by Gasteiger charge is 2.04. The summed E-state index contributed by atoms with van der Waals surface area (Å²) in [6.45, 7) is 4.73. The van der Waals surface area contributed by atoms with E-state index in [4.69, 9.17) is 15.7 Å². The Bertz CT molecular complexity index is 353. The minimum atomic E-state index is 0.444. The summed E-state index contributed by atoms with van der Waals surface area (Å²) in [5.41, 5.74) is 6.63. The Morgan fingerprint density at radius 1 is 1.50 bits per heavy atom. The summed E-state index contributed by atoms with van der Waals surface area (Å²) in [7, 11) is 0. The molecule has 0 fully saturated rings. The average molecular weight is 190 g/mol. The second kappa shape index (κ2) is 4.52. The fraction of sp³-hybridized carbons (Fsp3) is 0.364. The molecule has 0 aromatic heterocycles. The lowest BCUT2D eigenvalue weighted by atomic mass is 10.2. The van der Waals surface area contributed by atoms with E-state index in [1.807, 2.05) is 0 Å². The van der Waals surface area contributed by atoms with E-state index in [0.29, 0.717) is 29.5 Å². The van der Waals surface area contributed by atoms with Crippen molar-refractivity contribution in [1.82, 2.24) is 0 Å². The SMILES string of the molecule is CC(C)COc1ccc(N)cc1C#N. The predicted octanol–water partition coefficient (Wildman–Crippen LogP) is 2.18. The van der Waals surface area contributed by atoms with E-state index in [0.717, 1.165) is 0 Å². The first-order valence-corrected chi connectivity index (χ1v) is 4.56. The number of rotatable bonds is 3. The zero-order chi connectivity index (χ0) is 10.6. The van der Waals surface area contributed by atoms with E-state index in [2.05, 4.69) is 19.9 Å². The third kappa shape index (κ3) is 2.67. The fourth-order valence-electron chi connectivity index (χ4n) is 1.02. The van der Waals surface area contributed by atoms with Gasteiger partial charge in [0.15, 0.2) is 0 Å². The summed E-state index contributed by atoms with van der Waals surface area (Å²) in [6, 6.07) is 7.14. The van der Waals surface area contributed by atoms with Crippen LogP contribution in [-0.4, -0.2) is 6.61 Å². The Kier molecular flexibility index (Phi) is 3.35. The third-order valence-electron chi connectivity index (χ3n) is 1.70. The molecule has 0 unspecified atom stereocenters. The lowest BCUT2D eigenvalue weighted by Gasteiger charge is -2.09. The van der Waals surface area contributed by atoms with Crippen LogP contribution in [0.15, 0.2) is 18.2 Å². The lowest BCUT2D eigenvalue weighted by Crippen LogP contribution is -2.05. The van der Waals surface area contributed by atoms with Crippen LogP contribution < -0.4 is 10.5 Å². The van der Waals surface area contributed by atoms with Gasteiger partial charge < -0.3 is 10.5 Å². The lowest BCUT2D eigenvalue weighted by molar-refractivity contribution is 0.270. The first-order valence-electron chi connectivity index (χ1n) is 4.56. The molecule has 0 amide bonds. The van der Waals surface area contributed by atoms with Gasteiger partial charge in [-0.1, -0.05) is 13.8 Å². The zero-order valence-corrected chi connectivity index (χ0v) is 8.45. The molecule has 3 heteroatoms. The summed E-state index contributed by atoms with van der Waals surface area (Å²) < 4.78 is 5.47. The molecule has 0 aliphatic rings. The number of nitrogens with two attached hydrogens (primary N) is 1. The molecule has 0 bridgehead atoms. The van der Waals surface area contributed by atoms with Gasteiger partial charge in [-0.2, -0.15) is 5.26 Å². The van der Waals surface area contributed by atoms with E-state index in [-0.39, 0.29) is 0 Å². The largest absolute Gasteiger partial charge is 0.492 e. The molecule has 14 heavy (non-hydrogen) atoms. The van der Waals surface area contributed by atoms with E-state index in [1.165, 1.54) is 0 Å². The van der Waals surface area contributed by atoms with Gasteiger partial charge in [0.1, 0.15) is 11.8 Å². The summed E-state index contributed by atoms with van der Waals surface area (Å²) in [6.07, 6.45) is 0. The second-order valence-corrected chi connectivity index (χ2v) is 3.57. The van der Waals surface area contributed by atoms with Gasteiger partial charge in [-0.05, 0) is 24.1 Å². The number of benzene rings is 1. The molecule has 1 rings (SSSR count). The Hall–Kier alpha value is -1.69. The van der Waals surface area contributed by atoms with Gasteiger partial charge in [0.2, 0.25) is 0 Å². The van der Waals surface area contributed by atoms with E-state index in [9.17, 15) is 0 Å². The second-order valence-electron chi connectivity index (χ2n) is 3.57. The van der Waals surface area contributed by atoms with Gasteiger partial charge in [-0.3, -0.25) is 0 Å². The van der Waals surface area contributed by atoms with Crippen molar-refractivity contribution in [2.24, 2.45) is 5.92 Å². The summed E-state index contributed by atoms with van der Waals surface area (Å²) in [5.74, 6) is 1.05. The number of nitrogen functional groups attached to an aromatic ring is 1. The van der Waals surface area contributed by atoms with Gasteiger partial charge in [0, 0.05) is 5.69 Å². The van der Waals surface area contributed by atoms with Gasteiger partial charge in [0.05, 0.1) is 12.2 Å². The van der Waals surface area contributed by atoms with Crippen LogP contribution in [-0.2, 0) is 0 Å². The van der Waals surface area contributed by atoms with Crippen LogP contribution in [0.4, 0.5) is 5.69 Å². The molecule has 3 nitrogen and oxygen atoms in total. The molecule has 1 aromatic carbocycles. The zero-order valence-electron chi connectivity index (χ0n) is 8.45. The molecule has 2 N–H and O–H groups in total. The summed E-state index contributed by atoms with van der Waals surface area (Å²) >= 11 is 0. The van der Waals surface area contributed by atoms with Crippen molar-refractivity contribution in [3.63, 3.8) is 0 Å². The molecule has 0 heterocycles. The van der Waals surface area contributed by atoms with Gasteiger partial charge in [-0.15, -0.1) is 0 Å². The Morgan fingerprint density at radius 2 is 2.21 bits per heavy atom. The monoisotopic (exact) mass is 190 g/mol. The maximum absolute atomic E-state index is 8.82. The first-order chi connectivity index (χ1) is 6.63. The number of hydrogen-bond acceptors (Lipinski definition) is 3. The first kappa shape index (κ1) is 10.4. The highest BCUT2D eigenvalue weighted by Crippen LogP contribution is 2.20. The molecular weight excluding hydrogens is 176 g/mol. The minimum absolute atomic E-state index is 0.444. The normalized spacial score (nSPS) is 9.86. The van der Waals surface area contributed by atoms with Crippen LogP contribution in [0.5, 0.6) is 5.75 Å². The number of anilines is 1. The molecule has 0 radical (unpaired) electrons. The smallest absolute Gasteiger partial charge is 0.137 e. The van der Waals surface area contributed by atoms with Crippen LogP contribution in [0.3, 0.4) is 0 Å². The highest BCUT2D eigenvalue weighted by atomic mass is 16.5. The minimum Gasteiger partial charge on any atom is -0.492 e. The average Bonchev–Trinajstić information content (AvgIpc) is 2.15. The third-order valence-corrected chi connectivity index (χ3v) is 1.70. The van der Waals surface area contributed by atoms with E-state index in [1.54, 1.807) is 18.2 Å². The number of nitriles is 1. The summed E-state index contributed by atoms with van der Waals surface area (Å²) in [4.78, 5) is 0. The van der Waals surface area contributed by atoms with Crippen molar-refractivity contribution in [2.45, 2.75) is 13.8 Å². The van der Waals surface area contributed by atoms with Gasteiger partial charge >= 0.3 is 0 Å². The van der Waals surface area contributed by atoms with Crippen molar-refractivity contribution in [2.75, 3.05) is 12.3 Å². The fourth-order valence-corrected chi connectivity index (χ4v) is 1.02. The number of hydrogen-bond donors (Lipinski definition) is 1. The van der Waals surface area contributed by atoms with Crippen LogP contribution in [0.25, 0.3) is 0 Å². The van der Waals surface area contributed by atoms with E-state index >= 15 is 0 Å².